The van der Waals surface area contributed by atoms with Gasteiger partial charge in [0.15, 0.2) is 0 Å². The molecule has 0 spiro atoms. The Morgan fingerprint density at radius 3 is 2.40 bits per heavy atom. The summed E-state index contributed by atoms with van der Waals surface area (Å²) in [6.45, 7) is 1.84. The van der Waals surface area contributed by atoms with Crippen LogP contribution in [0.2, 0.25) is 0 Å². The fraction of sp³-hybridized carbons (Fsp3) is 1.00. The SMILES string of the molecule is C[C@@H](O)[C@H]1CCCC[C@@H]1N. The fourth-order valence-corrected chi connectivity index (χ4v) is 1.79. The molecule has 0 amide bonds. The molecule has 1 rings (SSSR count). The molecule has 2 heteroatoms. The Labute approximate surface area is 62.4 Å². The number of nitrogens with two attached hydrogens (primary N) is 1. The summed E-state index contributed by atoms with van der Waals surface area (Å²) in [5.41, 5.74) is 5.82. The zero-order chi connectivity index (χ0) is 7.56. The monoisotopic (exact) mass is 143 g/mol. The summed E-state index contributed by atoms with van der Waals surface area (Å²) in [5, 5.41) is 9.27. The van der Waals surface area contributed by atoms with E-state index in [-0.39, 0.29) is 12.1 Å². The van der Waals surface area contributed by atoms with E-state index in [4.69, 9.17) is 5.73 Å². The molecule has 1 aliphatic rings. The molecule has 0 bridgehead atoms. The van der Waals surface area contributed by atoms with Crippen LogP contribution < -0.4 is 5.73 Å². The van der Waals surface area contributed by atoms with Crippen LogP contribution in [0, 0.1) is 5.92 Å². The van der Waals surface area contributed by atoms with Crippen LogP contribution in [0.5, 0.6) is 0 Å². The largest absolute Gasteiger partial charge is 0.393 e. The van der Waals surface area contributed by atoms with E-state index in [9.17, 15) is 5.11 Å². The summed E-state index contributed by atoms with van der Waals surface area (Å²) in [6, 6.07) is 0.244. The Morgan fingerprint density at radius 2 is 2.00 bits per heavy atom. The maximum atomic E-state index is 9.27. The molecular weight excluding hydrogens is 126 g/mol. The van der Waals surface area contributed by atoms with Crippen molar-refractivity contribution in [3.8, 4) is 0 Å². The van der Waals surface area contributed by atoms with Gasteiger partial charge in [0, 0.05) is 6.04 Å². The molecule has 0 aliphatic heterocycles. The van der Waals surface area contributed by atoms with Crippen LogP contribution in [0.3, 0.4) is 0 Å². The molecule has 0 aromatic carbocycles. The predicted octanol–water partition coefficient (Wildman–Crippen LogP) is 0.885. The lowest BCUT2D eigenvalue weighted by atomic mass is 9.82. The summed E-state index contributed by atoms with van der Waals surface area (Å²) in [6.07, 6.45) is 4.47. The van der Waals surface area contributed by atoms with Gasteiger partial charge < -0.3 is 10.8 Å². The molecule has 0 saturated heterocycles. The van der Waals surface area contributed by atoms with Crippen LogP contribution >= 0.6 is 0 Å². The van der Waals surface area contributed by atoms with Gasteiger partial charge >= 0.3 is 0 Å². The molecule has 3 atom stereocenters. The Morgan fingerprint density at radius 1 is 1.40 bits per heavy atom. The third-order valence-corrected chi connectivity index (χ3v) is 2.49. The van der Waals surface area contributed by atoms with Gasteiger partial charge in [-0.15, -0.1) is 0 Å². The highest BCUT2D eigenvalue weighted by molar-refractivity contribution is 4.80. The lowest BCUT2D eigenvalue weighted by Crippen LogP contribution is -2.39. The normalized spacial score (nSPS) is 37.5. The quantitative estimate of drug-likeness (QED) is 0.572. The highest BCUT2D eigenvalue weighted by Gasteiger charge is 2.25. The van der Waals surface area contributed by atoms with Crippen LogP contribution in [0.4, 0.5) is 0 Å². The van der Waals surface area contributed by atoms with Crippen LogP contribution in [0.15, 0.2) is 0 Å². The van der Waals surface area contributed by atoms with Crippen molar-refractivity contribution in [2.75, 3.05) is 0 Å². The molecule has 0 unspecified atom stereocenters. The van der Waals surface area contributed by atoms with E-state index in [1.165, 1.54) is 12.8 Å². The van der Waals surface area contributed by atoms with Gasteiger partial charge in [0.2, 0.25) is 0 Å². The van der Waals surface area contributed by atoms with Crippen molar-refractivity contribution in [1.29, 1.82) is 0 Å². The smallest absolute Gasteiger partial charge is 0.0555 e. The first-order valence-electron chi connectivity index (χ1n) is 4.15. The van der Waals surface area contributed by atoms with Gasteiger partial charge in [-0.3, -0.25) is 0 Å². The van der Waals surface area contributed by atoms with E-state index < -0.39 is 0 Å². The first-order chi connectivity index (χ1) is 4.72. The Kier molecular flexibility index (Phi) is 2.69. The molecule has 1 saturated carbocycles. The third kappa shape index (κ3) is 1.70. The highest BCUT2D eigenvalue weighted by Crippen LogP contribution is 2.25. The Hall–Kier alpha value is -0.0800. The van der Waals surface area contributed by atoms with Crippen molar-refractivity contribution >= 4 is 0 Å². The summed E-state index contributed by atoms with van der Waals surface area (Å²) >= 11 is 0. The van der Waals surface area contributed by atoms with E-state index in [0.717, 1.165) is 12.8 Å². The molecular formula is C8H17NO. The summed E-state index contributed by atoms with van der Waals surface area (Å²) in [4.78, 5) is 0. The minimum Gasteiger partial charge on any atom is -0.393 e. The molecule has 3 N–H and O–H groups in total. The maximum absolute atomic E-state index is 9.27. The molecule has 60 valence electrons. The second kappa shape index (κ2) is 3.35. The highest BCUT2D eigenvalue weighted by atomic mass is 16.3. The van der Waals surface area contributed by atoms with Crippen molar-refractivity contribution in [3.05, 3.63) is 0 Å². The van der Waals surface area contributed by atoms with Crippen LogP contribution in [0.1, 0.15) is 32.6 Å². The van der Waals surface area contributed by atoms with Crippen molar-refractivity contribution in [3.63, 3.8) is 0 Å². The van der Waals surface area contributed by atoms with E-state index in [1.807, 2.05) is 6.92 Å². The molecule has 0 aromatic rings. The summed E-state index contributed by atoms with van der Waals surface area (Å²) in [5.74, 6) is 0.355. The van der Waals surface area contributed by atoms with Gasteiger partial charge in [0.05, 0.1) is 6.10 Å². The maximum Gasteiger partial charge on any atom is 0.0555 e. The molecule has 10 heavy (non-hydrogen) atoms. The average Bonchev–Trinajstić information content (AvgIpc) is 1.88. The van der Waals surface area contributed by atoms with Gasteiger partial charge in [-0.2, -0.15) is 0 Å². The molecule has 0 aromatic heterocycles. The molecule has 1 aliphatic carbocycles. The number of rotatable bonds is 1. The molecule has 0 heterocycles. The first kappa shape index (κ1) is 8.02. The van der Waals surface area contributed by atoms with Crippen molar-refractivity contribution in [2.45, 2.75) is 44.8 Å². The summed E-state index contributed by atoms with van der Waals surface area (Å²) < 4.78 is 0. The standard InChI is InChI=1S/C8H17NO/c1-6(10)7-4-2-3-5-8(7)9/h6-8,10H,2-5,9H2,1H3/t6-,7-,8+/m1/s1. The number of aliphatic hydroxyl groups is 1. The van der Waals surface area contributed by atoms with Crippen molar-refractivity contribution in [1.82, 2.24) is 0 Å². The van der Waals surface area contributed by atoms with Crippen LogP contribution in [-0.4, -0.2) is 17.3 Å². The average molecular weight is 143 g/mol. The van der Waals surface area contributed by atoms with Gasteiger partial charge in [0.1, 0.15) is 0 Å². The van der Waals surface area contributed by atoms with E-state index >= 15 is 0 Å². The second-order valence-electron chi connectivity index (χ2n) is 3.35. The van der Waals surface area contributed by atoms with Gasteiger partial charge in [0.25, 0.3) is 0 Å². The topological polar surface area (TPSA) is 46.2 Å². The first-order valence-corrected chi connectivity index (χ1v) is 4.15. The van der Waals surface area contributed by atoms with Crippen molar-refractivity contribution in [2.24, 2.45) is 11.7 Å². The minimum absolute atomic E-state index is 0.213. The number of hydrogen-bond donors (Lipinski definition) is 2. The predicted molar refractivity (Wildman–Crippen MR) is 41.6 cm³/mol. The fourth-order valence-electron chi connectivity index (χ4n) is 1.79. The Bertz CT molecular complexity index is 103. The zero-order valence-electron chi connectivity index (χ0n) is 6.59. The second-order valence-corrected chi connectivity index (χ2v) is 3.35. The van der Waals surface area contributed by atoms with E-state index in [0.29, 0.717) is 5.92 Å². The summed E-state index contributed by atoms with van der Waals surface area (Å²) in [7, 11) is 0. The lowest BCUT2D eigenvalue weighted by Gasteiger charge is -2.30. The van der Waals surface area contributed by atoms with E-state index in [1.54, 1.807) is 0 Å². The van der Waals surface area contributed by atoms with Gasteiger partial charge in [-0.1, -0.05) is 12.8 Å². The molecule has 1 fully saturated rings. The Balaban J connectivity index is 2.40. The zero-order valence-corrected chi connectivity index (χ0v) is 6.59. The minimum atomic E-state index is -0.213. The molecule has 0 radical (unpaired) electrons. The van der Waals surface area contributed by atoms with E-state index in [2.05, 4.69) is 0 Å². The van der Waals surface area contributed by atoms with Gasteiger partial charge in [-0.05, 0) is 25.7 Å². The van der Waals surface area contributed by atoms with Gasteiger partial charge in [-0.25, -0.2) is 0 Å². The number of hydrogen-bond acceptors (Lipinski definition) is 2. The van der Waals surface area contributed by atoms with Crippen molar-refractivity contribution < 1.29 is 5.11 Å². The number of aliphatic hydroxyl groups excluding tert-OH is 1. The van der Waals surface area contributed by atoms with Crippen LogP contribution in [-0.2, 0) is 0 Å². The lowest BCUT2D eigenvalue weighted by molar-refractivity contribution is 0.0878. The third-order valence-electron chi connectivity index (χ3n) is 2.49. The van der Waals surface area contributed by atoms with Crippen LogP contribution in [0.25, 0.3) is 0 Å². The molecule has 2 nitrogen and oxygen atoms in total.